The lowest BCUT2D eigenvalue weighted by atomic mass is 10.1. The molecule has 8 nitrogen and oxygen atoms in total. The number of thiazole rings is 1. The molecule has 0 spiro atoms. The van der Waals surface area contributed by atoms with Crippen LogP contribution < -0.4 is 5.73 Å². The molecule has 236 valence electrons. The quantitative estimate of drug-likeness (QED) is 0.138. The molecule has 3 aromatic rings. The molecule has 0 aliphatic carbocycles. The van der Waals surface area contributed by atoms with E-state index < -0.39 is 5.97 Å². The summed E-state index contributed by atoms with van der Waals surface area (Å²) in [6.07, 6.45) is 1.52. The van der Waals surface area contributed by atoms with E-state index in [9.17, 15) is 14.4 Å². The second-order valence-corrected chi connectivity index (χ2v) is 12.8. The Balaban J connectivity index is 0.000000637. The van der Waals surface area contributed by atoms with Gasteiger partial charge in [-0.2, -0.15) is 0 Å². The number of Topliss-reactive ketones (excluding diaryl/α,β-unsaturated/α-hetero) is 1. The lowest BCUT2D eigenvalue weighted by Gasteiger charge is -2.05. The number of carbonyl (C=O) groups is 3. The number of carbonyl (C=O) groups excluding carboxylic acids is 3. The third-order valence-electron chi connectivity index (χ3n) is 4.82. The van der Waals surface area contributed by atoms with Gasteiger partial charge in [-0.3, -0.25) is 4.79 Å². The molecule has 3 N–H and O–H groups in total. The summed E-state index contributed by atoms with van der Waals surface area (Å²) in [6, 6.07) is 16.1. The van der Waals surface area contributed by atoms with Crippen LogP contribution in [0.3, 0.4) is 0 Å². The highest BCUT2D eigenvalue weighted by molar-refractivity contribution is 9.11. The van der Waals surface area contributed by atoms with E-state index in [1.165, 1.54) is 16.9 Å². The highest BCUT2D eigenvalue weighted by atomic mass is 79.9. The van der Waals surface area contributed by atoms with Gasteiger partial charge in [-0.05, 0) is 76.4 Å². The van der Waals surface area contributed by atoms with Crippen molar-refractivity contribution in [3.8, 4) is 0 Å². The Bertz CT molecular complexity index is 1320. The van der Waals surface area contributed by atoms with Gasteiger partial charge in [0, 0.05) is 26.9 Å². The molecule has 0 saturated carbocycles. The van der Waals surface area contributed by atoms with Crippen molar-refractivity contribution in [2.45, 2.75) is 52.3 Å². The van der Waals surface area contributed by atoms with E-state index in [1.54, 1.807) is 27.7 Å². The molecule has 2 aromatic carbocycles. The van der Waals surface area contributed by atoms with Crippen LogP contribution >= 0.6 is 71.3 Å². The van der Waals surface area contributed by atoms with Gasteiger partial charge in [0.1, 0.15) is 5.78 Å². The number of nitrogens with two attached hydrogens (primary N) is 1. The number of aliphatic hydroxyl groups is 1. The Morgan fingerprint density at radius 2 is 1.51 bits per heavy atom. The Labute approximate surface area is 288 Å². The van der Waals surface area contributed by atoms with E-state index in [0.717, 1.165) is 37.9 Å². The molecule has 0 saturated heterocycles. The largest absolute Gasteiger partial charge is 0.461 e. The Hall–Kier alpha value is -2.03. The number of hydrogen-bond donors (Lipinski definition) is 2. The van der Waals surface area contributed by atoms with Crippen LogP contribution in [0.5, 0.6) is 0 Å². The van der Waals surface area contributed by atoms with E-state index in [-0.39, 0.29) is 28.2 Å². The molecule has 3 rings (SSSR count). The number of halogens is 3. The van der Waals surface area contributed by atoms with Gasteiger partial charge in [-0.1, -0.05) is 84.3 Å². The van der Waals surface area contributed by atoms with Crippen LogP contribution in [0.25, 0.3) is 0 Å². The number of hydrogen-bond acceptors (Lipinski definition) is 9. The number of esters is 2. The summed E-state index contributed by atoms with van der Waals surface area (Å²) < 4.78 is 11.5. The predicted octanol–water partition coefficient (Wildman–Crippen LogP) is 7.16. The van der Waals surface area contributed by atoms with Gasteiger partial charge in [-0.25, -0.2) is 14.6 Å². The van der Waals surface area contributed by atoms with Crippen molar-refractivity contribution >= 4 is 94.1 Å². The maximum Gasteiger partial charge on any atom is 0.367 e. The molecule has 1 aromatic heterocycles. The van der Waals surface area contributed by atoms with Crippen LogP contribution in [0, 0.1) is 6.92 Å². The minimum atomic E-state index is -0.609. The van der Waals surface area contributed by atoms with Crippen molar-refractivity contribution in [1.82, 2.24) is 4.98 Å². The summed E-state index contributed by atoms with van der Waals surface area (Å²) in [7, 11) is 0. The fourth-order valence-corrected chi connectivity index (χ4v) is 5.24. The van der Waals surface area contributed by atoms with Crippen molar-refractivity contribution in [3.63, 3.8) is 0 Å². The molecule has 0 bridgehead atoms. The first kappa shape index (κ1) is 41.0. The normalized spacial score (nSPS) is 10.3. The van der Waals surface area contributed by atoms with E-state index in [1.807, 2.05) is 43.3 Å². The summed E-state index contributed by atoms with van der Waals surface area (Å²) in [5, 5.41) is 8.00. The lowest BCUT2D eigenvalue weighted by molar-refractivity contribution is -0.134. The minimum Gasteiger partial charge on any atom is -0.461 e. The number of rotatable bonds is 8. The molecule has 13 heteroatoms. The highest BCUT2D eigenvalue weighted by Gasteiger charge is 2.15. The number of nitrogens with zero attached hydrogens (tertiary/aromatic N) is 1. The zero-order valence-corrected chi connectivity index (χ0v) is 31.1. The average Bonchev–Trinajstić information content (AvgIpc) is 3.30. The molecule has 0 fully saturated rings. The van der Waals surface area contributed by atoms with E-state index in [2.05, 4.69) is 81.9 Å². The standard InChI is InChI=1S/C14H14BrNO2S.C10H10Br2O.C4H7NO2S.C2H6O/c1-3-18-14(17)13-16-9(2)12(19-13)8-10-5-4-6-11(15)7-10;1-7(13)10(12)6-8-3-2-4-9(11)5-8;1-2-7-4(6)3(5)8;1-2-3/h4-7H,3,8H2,1-2H3;2-5,10H,6H2,1H3;2H2,1H3,(H2,5,8);3H,2H2,1H3. The number of ketones is 1. The minimum absolute atomic E-state index is 0.0678. The maximum atomic E-state index is 11.6. The number of ether oxygens (including phenoxy) is 2. The Morgan fingerprint density at radius 3 is 1.95 bits per heavy atom. The van der Waals surface area contributed by atoms with Crippen LogP contribution in [0.4, 0.5) is 0 Å². The molecule has 0 amide bonds. The summed E-state index contributed by atoms with van der Waals surface area (Å²) in [6.45, 7) is 9.62. The zero-order chi connectivity index (χ0) is 32.9. The summed E-state index contributed by atoms with van der Waals surface area (Å²) in [5.74, 6) is -0.779. The zero-order valence-electron chi connectivity index (χ0n) is 24.7. The van der Waals surface area contributed by atoms with Gasteiger partial charge in [0.25, 0.3) is 0 Å². The van der Waals surface area contributed by atoms with Crippen LogP contribution in [-0.2, 0) is 31.9 Å². The fourth-order valence-electron chi connectivity index (χ4n) is 2.92. The van der Waals surface area contributed by atoms with E-state index >= 15 is 0 Å². The lowest BCUT2D eigenvalue weighted by Crippen LogP contribution is -2.23. The summed E-state index contributed by atoms with van der Waals surface area (Å²) >= 11 is 15.9. The van der Waals surface area contributed by atoms with Gasteiger partial charge >= 0.3 is 11.9 Å². The van der Waals surface area contributed by atoms with Crippen LogP contribution in [0.2, 0.25) is 0 Å². The first-order valence-electron chi connectivity index (χ1n) is 13.1. The third kappa shape index (κ3) is 18.4. The smallest absolute Gasteiger partial charge is 0.367 e. The van der Waals surface area contributed by atoms with Gasteiger partial charge in [0.2, 0.25) is 5.01 Å². The van der Waals surface area contributed by atoms with Gasteiger partial charge in [0.15, 0.2) is 4.99 Å². The van der Waals surface area contributed by atoms with Crippen LogP contribution in [0.1, 0.15) is 59.2 Å². The first-order valence-corrected chi connectivity index (χ1v) is 16.9. The fraction of sp³-hybridized carbons (Fsp3) is 0.367. The molecular weight excluding hydrogens is 788 g/mol. The molecular formula is C30H37Br3N2O6S2. The molecule has 0 aliphatic heterocycles. The number of aliphatic hydroxyl groups excluding tert-OH is 1. The van der Waals surface area contributed by atoms with Gasteiger partial charge in [0.05, 0.1) is 23.7 Å². The molecule has 43 heavy (non-hydrogen) atoms. The highest BCUT2D eigenvalue weighted by Crippen LogP contribution is 2.23. The second-order valence-electron chi connectivity index (χ2n) is 8.37. The van der Waals surface area contributed by atoms with Crippen molar-refractivity contribution in [3.05, 3.63) is 84.2 Å². The number of aryl methyl sites for hydroxylation is 1. The van der Waals surface area contributed by atoms with Crippen LogP contribution in [-0.4, -0.2) is 57.4 Å². The maximum absolute atomic E-state index is 11.6. The summed E-state index contributed by atoms with van der Waals surface area (Å²) in [4.78, 5) is 38.0. The number of alkyl halides is 1. The van der Waals surface area contributed by atoms with Crippen molar-refractivity contribution < 1.29 is 29.0 Å². The average molecular weight is 825 g/mol. The molecule has 0 radical (unpaired) electrons. The number of benzene rings is 2. The third-order valence-corrected chi connectivity index (χ3v) is 8.08. The topological polar surface area (TPSA) is 129 Å². The number of thiocarbonyl (C=S) groups is 1. The molecule has 1 unspecified atom stereocenters. The van der Waals surface area contributed by atoms with Crippen molar-refractivity contribution in [2.24, 2.45) is 5.73 Å². The van der Waals surface area contributed by atoms with Crippen molar-refractivity contribution in [1.29, 1.82) is 0 Å². The Kier molecular flexibility index (Phi) is 22.3. The van der Waals surface area contributed by atoms with Crippen molar-refractivity contribution in [2.75, 3.05) is 19.8 Å². The molecule has 1 heterocycles. The van der Waals surface area contributed by atoms with Gasteiger partial charge in [-0.15, -0.1) is 11.3 Å². The second kappa shape index (κ2) is 23.4. The molecule has 1 atom stereocenters. The predicted molar refractivity (Wildman–Crippen MR) is 187 cm³/mol. The summed E-state index contributed by atoms with van der Waals surface area (Å²) in [5.41, 5.74) is 8.13. The first-order chi connectivity index (χ1) is 20.3. The van der Waals surface area contributed by atoms with E-state index in [4.69, 9.17) is 15.6 Å². The van der Waals surface area contributed by atoms with Crippen LogP contribution in [0.15, 0.2) is 57.5 Å². The monoisotopic (exact) mass is 822 g/mol. The number of aromatic nitrogens is 1. The van der Waals surface area contributed by atoms with E-state index in [0.29, 0.717) is 18.2 Å². The van der Waals surface area contributed by atoms with Gasteiger partial charge < -0.3 is 20.3 Å². The Morgan fingerprint density at radius 1 is 1.00 bits per heavy atom. The SMILES string of the molecule is CC(=O)C(Br)Cc1cccc(Br)c1.CCO.CCOC(=O)C(N)=S.CCOC(=O)c1nc(C)c(Cc2cccc(Br)c2)s1. The molecule has 0 aliphatic rings.